The number of carbonyl (C=O) groups excluding carboxylic acids is 1. The van der Waals surface area contributed by atoms with Crippen molar-refractivity contribution in [3.05, 3.63) is 71.3 Å². The van der Waals surface area contributed by atoms with Crippen LogP contribution in [0.15, 0.2) is 54.6 Å². The lowest BCUT2D eigenvalue weighted by molar-refractivity contribution is -0.238. The lowest BCUT2D eigenvalue weighted by atomic mass is 10.0. The Balaban J connectivity index is 2.08. The number of ether oxygens (including phenoxy) is 3. The first-order valence-electron chi connectivity index (χ1n) is 9.07. The molecule has 150 valence electrons. The van der Waals surface area contributed by atoms with Crippen LogP contribution in [0.25, 0.3) is 0 Å². The van der Waals surface area contributed by atoms with Crippen LogP contribution in [-0.2, 0) is 26.6 Å². The fourth-order valence-corrected chi connectivity index (χ4v) is 2.71. The predicted octanol–water partition coefficient (Wildman–Crippen LogP) is 3.54. The van der Waals surface area contributed by atoms with Crippen LogP contribution in [-0.4, -0.2) is 36.9 Å². The maximum Gasteiger partial charge on any atom is 0.407 e. The largest absolute Gasteiger partial charge is 0.478 e. The Kier molecular flexibility index (Phi) is 7.98. The standard InChI is InChI=1S/C21H25NO6/c1-3-27-21(28-4-2,18-12-10-17(11-13-18)19(23)24)15-22-20(25)26-14-16-8-6-5-7-9-16/h5-13H,3-4,14-15H2,1-2H3,(H,22,25)(H,23,24). The van der Waals surface area contributed by atoms with Crippen molar-refractivity contribution in [3.8, 4) is 0 Å². The third-order valence-corrected chi connectivity index (χ3v) is 4.00. The Hall–Kier alpha value is -2.90. The summed E-state index contributed by atoms with van der Waals surface area (Å²) in [6, 6.07) is 15.5. The topological polar surface area (TPSA) is 94.1 Å². The molecular weight excluding hydrogens is 362 g/mol. The molecule has 1 amide bonds. The number of alkyl carbamates (subject to hydrolysis) is 1. The Labute approximate surface area is 164 Å². The maximum atomic E-state index is 12.1. The van der Waals surface area contributed by atoms with Gasteiger partial charge in [-0.2, -0.15) is 0 Å². The van der Waals surface area contributed by atoms with Crippen molar-refractivity contribution in [2.24, 2.45) is 0 Å². The van der Waals surface area contributed by atoms with E-state index < -0.39 is 17.8 Å². The number of aromatic carboxylic acids is 1. The molecule has 0 aliphatic carbocycles. The van der Waals surface area contributed by atoms with Crippen LogP contribution < -0.4 is 5.32 Å². The molecule has 0 fully saturated rings. The third-order valence-electron chi connectivity index (χ3n) is 4.00. The van der Waals surface area contributed by atoms with Gasteiger partial charge in [0.1, 0.15) is 6.61 Å². The molecule has 0 aliphatic rings. The fraction of sp³-hybridized carbons (Fsp3) is 0.333. The second-order valence-electron chi connectivity index (χ2n) is 5.92. The normalized spacial score (nSPS) is 11.1. The molecule has 0 atom stereocenters. The minimum Gasteiger partial charge on any atom is -0.478 e. The van der Waals surface area contributed by atoms with Gasteiger partial charge in [-0.15, -0.1) is 0 Å². The number of hydrogen-bond donors (Lipinski definition) is 2. The van der Waals surface area contributed by atoms with Gasteiger partial charge in [-0.05, 0) is 31.5 Å². The molecule has 28 heavy (non-hydrogen) atoms. The van der Waals surface area contributed by atoms with Crippen molar-refractivity contribution in [2.75, 3.05) is 19.8 Å². The number of carboxylic acid groups (broad SMARTS) is 1. The lowest BCUT2D eigenvalue weighted by Gasteiger charge is -2.33. The number of benzene rings is 2. The SMILES string of the molecule is CCOC(CNC(=O)OCc1ccccc1)(OCC)c1ccc(C(=O)O)cc1. The van der Waals surface area contributed by atoms with Gasteiger partial charge in [-0.25, -0.2) is 9.59 Å². The van der Waals surface area contributed by atoms with E-state index in [1.54, 1.807) is 12.1 Å². The van der Waals surface area contributed by atoms with Gasteiger partial charge in [-0.3, -0.25) is 0 Å². The summed E-state index contributed by atoms with van der Waals surface area (Å²) < 4.78 is 16.9. The summed E-state index contributed by atoms with van der Waals surface area (Å²) >= 11 is 0. The van der Waals surface area contributed by atoms with E-state index >= 15 is 0 Å². The molecule has 2 aromatic carbocycles. The first-order valence-corrected chi connectivity index (χ1v) is 9.07. The number of carbonyl (C=O) groups is 2. The average molecular weight is 387 g/mol. The van der Waals surface area contributed by atoms with Gasteiger partial charge in [0.2, 0.25) is 5.79 Å². The minimum absolute atomic E-state index is 0.00865. The van der Waals surface area contributed by atoms with Gasteiger partial charge in [0.15, 0.2) is 0 Å². The molecule has 0 aliphatic heterocycles. The molecule has 7 nitrogen and oxygen atoms in total. The van der Waals surface area contributed by atoms with E-state index in [1.807, 2.05) is 44.2 Å². The molecule has 0 heterocycles. The van der Waals surface area contributed by atoms with Crippen molar-refractivity contribution in [1.82, 2.24) is 5.32 Å². The van der Waals surface area contributed by atoms with Crippen LogP contribution in [0.4, 0.5) is 4.79 Å². The van der Waals surface area contributed by atoms with Crippen LogP contribution in [0.3, 0.4) is 0 Å². The summed E-state index contributed by atoms with van der Waals surface area (Å²) in [5, 5.41) is 11.8. The monoisotopic (exact) mass is 387 g/mol. The zero-order chi connectivity index (χ0) is 20.4. The summed E-state index contributed by atoms with van der Waals surface area (Å²) in [7, 11) is 0. The Morgan fingerprint density at radius 1 is 0.964 bits per heavy atom. The van der Waals surface area contributed by atoms with Gasteiger partial charge >= 0.3 is 12.1 Å². The molecule has 0 saturated heterocycles. The highest BCUT2D eigenvalue weighted by atomic mass is 16.7. The van der Waals surface area contributed by atoms with E-state index in [-0.39, 0.29) is 18.7 Å². The van der Waals surface area contributed by atoms with Crippen LogP contribution in [0.1, 0.15) is 35.3 Å². The summed E-state index contributed by atoms with van der Waals surface area (Å²) in [6.07, 6.45) is -0.602. The second kappa shape index (κ2) is 10.4. The van der Waals surface area contributed by atoms with Gasteiger partial charge in [0, 0.05) is 18.8 Å². The highest BCUT2D eigenvalue weighted by molar-refractivity contribution is 5.87. The minimum atomic E-state index is -1.24. The van der Waals surface area contributed by atoms with Crippen molar-refractivity contribution < 1.29 is 28.9 Å². The molecule has 2 aromatic rings. The molecule has 0 aromatic heterocycles. The quantitative estimate of drug-likeness (QED) is 0.606. The maximum absolute atomic E-state index is 12.1. The van der Waals surface area contributed by atoms with Crippen molar-refractivity contribution in [2.45, 2.75) is 26.2 Å². The highest BCUT2D eigenvalue weighted by Gasteiger charge is 2.35. The van der Waals surface area contributed by atoms with E-state index in [2.05, 4.69) is 5.32 Å². The van der Waals surface area contributed by atoms with Gasteiger partial charge in [0.05, 0.1) is 12.1 Å². The number of hydrogen-bond acceptors (Lipinski definition) is 5. The molecule has 2 N–H and O–H groups in total. The third kappa shape index (κ3) is 5.80. The molecular formula is C21H25NO6. The molecule has 7 heteroatoms. The predicted molar refractivity (Wildman–Crippen MR) is 103 cm³/mol. The Morgan fingerprint density at radius 2 is 1.57 bits per heavy atom. The summed E-state index contributed by atoms with van der Waals surface area (Å²) in [5.41, 5.74) is 1.63. The van der Waals surface area contributed by atoms with Crippen LogP contribution in [0.5, 0.6) is 0 Å². The van der Waals surface area contributed by atoms with E-state index in [9.17, 15) is 9.59 Å². The van der Waals surface area contributed by atoms with E-state index in [4.69, 9.17) is 19.3 Å². The number of rotatable bonds is 10. The van der Waals surface area contributed by atoms with Crippen molar-refractivity contribution in [3.63, 3.8) is 0 Å². The Bertz CT molecular complexity index is 754. The highest BCUT2D eigenvalue weighted by Crippen LogP contribution is 2.27. The van der Waals surface area contributed by atoms with E-state index in [1.165, 1.54) is 12.1 Å². The number of carboxylic acids is 1. The van der Waals surface area contributed by atoms with E-state index in [0.29, 0.717) is 18.8 Å². The van der Waals surface area contributed by atoms with Crippen LogP contribution in [0.2, 0.25) is 0 Å². The smallest absolute Gasteiger partial charge is 0.407 e. The van der Waals surface area contributed by atoms with Crippen molar-refractivity contribution >= 4 is 12.1 Å². The molecule has 0 bridgehead atoms. The van der Waals surface area contributed by atoms with Crippen LogP contribution >= 0.6 is 0 Å². The average Bonchev–Trinajstić information content (AvgIpc) is 2.71. The van der Waals surface area contributed by atoms with Gasteiger partial charge in [0.25, 0.3) is 0 Å². The first-order chi connectivity index (χ1) is 13.5. The number of amides is 1. The summed E-state index contributed by atoms with van der Waals surface area (Å²) in [6.45, 7) is 4.45. The van der Waals surface area contributed by atoms with Crippen LogP contribution in [0, 0.1) is 0 Å². The molecule has 0 unspecified atom stereocenters. The van der Waals surface area contributed by atoms with Gasteiger partial charge < -0.3 is 24.6 Å². The van der Waals surface area contributed by atoms with Gasteiger partial charge in [-0.1, -0.05) is 42.5 Å². The molecule has 0 spiro atoms. The summed E-state index contributed by atoms with van der Waals surface area (Å²) in [4.78, 5) is 23.2. The number of nitrogens with one attached hydrogen (secondary N) is 1. The van der Waals surface area contributed by atoms with E-state index in [0.717, 1.165) is 5.56 Å². The Morgan fingerprint density at radius 3 is 2.11 bits per heavy atom. The zero-order valence-electron chi connectivity index (χ0n) is 16.0. The molecule has 0 radical (unpaired) electrons. The molecule has 0 saturated carbocycles. The lowest BCUT2D eigenvalue weighted by Crippen LogP contribution is -2.45. The molecule has 2 rings (SSSR count). The van der Waals surface area contributed by atoms with Crippen molar-refractivity contribution in [1.29, 1.82) is 0 Å². The summed E-state index contributed by atoms with van der Waals surface area (Å²) in [5.74, 6) is -2.26. The zero-order valence-corrected chi connectivity index (χ0v) is 16.0. The first kappa shape index (κ1) is 21.4. The fourth-order valence-electron chi connectivity index (χ4n) is 2.71. The second-order valence-corrected chi connectivity index (χ2v) is 5.92.